The van der Waals surface area contributed by atoms with E-state index < -0.39 is 0 Å². The van der Waals surface area contributed by atoms with Crippen LogP contribution in [-0.2, 0) is 0 Å². The Labute approximate surface area is 136 Å². The van der Waals surface area contributed by atoms with Crippen molar-refractivity contribution >= 4 is 22.7 Å². The maximum Gasteiger partial charge on any atom is 0.0815 e. The minimum atomic E-state index is 0.961. The number of hydrogen-bond donors (Lipinski definition) is 0. The normalized spacial score (nSPS) is 10.7. The van der Waals surface area contributed by atoms with Gasteiger partial charge in [-0.05, 0) is 52.7 Å². The van der Waals surface area contributed by atoms with E-state index in [2.05, 4.69) is 52.1 Å². The third-order valence-electron chi connectivity index (χ3n) is 3.36. The Kier molecular flexibility index (Phi) is 3.54. The molecule has 0 spiro atoms. The molecule has 0 fully saturated rings. The number of nitrogens with zero attached hydrogens (tertiary/aromatic N) is 2. The van der Waals surface area contributed by atoms with Crippen molar-refractivity contribution in [2.45, 2.75) is 0 Å². The molecule has 4 rings (SSSR count). The first-order chi connectivity index (χ1) is 10.9. The number of rotatable bonds is 3. The number of pyridine rings is 2. The van der Waals surface area contributed by atoms with Gasteiger partial charge in [0.2, 0.25) is 0 Å². The SMILES string of the molecule is c1cncc(-c2cc(-c3cccs3)cc(-c3cccs3)n2)c1. The Morgan fingerprint density at radius 2 is 1.50 bits per heavy atom. The van der Waals surface area contributed by atoms with Gasteiger partial charge in [-0.1, -0.05) is 12.1 Å². The lowest BCUT2D eigenvalue weighted by Crippen LogP contribution is -1.89. The fourth-order valence-electron chi connectivity index (χ4n) is 2.33. The molecule has 0 saturated carbocycles. The largest absolute Gasteiger partial charge is 0.264 e. The first-order valence-corrected chi connectivity index (χ1v) is 8.66. The number of hydrogen-bond acceptors (Lipinski definition) is 4. The summed E-state index contributed by atoms with van der Waals surface area (Å²) in [7, 11) is 0. The third-order valence-corrected chi connectivity index (χ3v) is 5.17. The fourth-order valence-corrected chi connectivity index (χ4v) is 3.73. The Morgan fingerprint density at radius 1 is 0.727 bits per heavy atom. The number of aromatic nitrogens is 2. The summed E-state index contributed by atoms with van der Waals surface area (Å²) in [6.45, 7) is 0. The Morgan fingerprint density at radius 3 is 2.18 bits per heavy atom. The highest BCUT2D eigenvalue weighted by molar-refractivity contribution is 7.14. The Bertz CT molecular complexity index is 814. The smallest absolute Gasteiger partial charge is 0.0815 e. The second-order valence-electron chi connectivity index (χ2n) is 4.82. The minimum absolute atomic E-state index is 0.961. The molecule has 106 valence electrons. The van der Waals surface area contributed by atoms with Crippen LogP contribution in [0.15, 0.2) is 71.7 Å². The maximum absolute atomic E-state index is 4.83. The molecule has 0 aliphatic heterocycles. The van der Waals surface area contributed by atoms with Gasteiger partial charge in [-0.15, -0.1) is 22.7 Å². The van der Waals surface area contributed by atoms with Gasteiger partial charge in [-0.2, -0.15) is 0 Å². The molecule has 22 heavy (non-hydrogen) atoms. The van der Waals surface area contributed by atoms with Crippen molar-refractivity contribution in [3.05, 3.63) is 71.7 Å². The van der Waals surface area contributed by atoms with Crippen molar-refractivity contribution in [1.29, 1.82) is 0 Å². The second-order valence-corrected chi connectivity index (χ2v) is 6.72. The van der Waals surface area contributed by atoms with E-state index >= 15 is 0 Å². The van der Waals surface area contributed by atoms with Crippen LogP contribution >= 0.6 is 22.7 Å². The van der Waals surface area contributed by atoms with E-state index in [4.69, 9.17) is 4.98 Å². The summed E-state index contributed by atoms with van der Waals surface area (Å²) in [4.78, 5) is 11.5. The molecule has 4 aromatic rings. The van der Waals surface area contributed by atoms with Gasteiger partial charge in [0.05, 0.1) is 16.3 Å². The van der Waals surface area contributed by atoms with Crippen LogP contribution in [0, 0.1) is 0 Å². The standard InChI is InChI=1S/C18H12N2S2/c1-4-13(12-19-7-1)15-10-14(17-5-2-8-21-17)11-16(20-15)18-6-3-9-22-18/h1-12H. The van der Waals surface area contributed by atoms with Crippen molar-refractivity contribution in [1.82, 2.24) is 9.97 Å². The molecule has 0 aliphatic rings. The summed E-state index contributed by atoms with van der Waals surface area (Å²) in [5, 5.41) is 4.18. The van der Waals surface area contributed by atoms with Crippen LogP contribution in [0.25, 0.3) is 32.3 Å². The van der Waals surface area contributed by atoms with E-state index in [9.17, 15) is 0 Å². The van der Waals surface area contributed by atoms with Crippen molar-refractivity contribution in [2.75, 3.05) is 0 Å². The molecule has 4 aromatic heterocycles. The molecule has 4 heterocycles. The maximum atomic E-state index is 4.83. The Balaban J connectivity index is 1.91. The van der Waals surface area contributed by atoms with Gasteiger partial charge in [-0.3, -0.25) is 4.98 Å². The van der Waals surface area contributed by atoms with Crippen molar-refractivity contribution in [3.63, 3.8) is 0 Å². The van der Waals surface area contributed by atoms with Crippen LogP contribution in [0.2, 0.25) is 0 Å². The van der Waals surface area contributed by atoms with Gasteiger partial charge < -0.3 is 0 Å². The van der Waals surface area contributed by atoms with Crippen LogP contribution in [-0.4, -0.2) is 9.97 Å². The molecule has 0 unspecified atom stereocenters. The van der Waals surface area contributed by atoms with Gasteiger partial charge in [-0.25, -0.2) is 4.98 Å². The quantitative estimate of drug-likeness (QED) is 0.491. The highest BCUT2D eigenvalue weighted by Gasteiger charge is 2.09. The molecule has 0 bridgehead atoms. The lowest BCUT2D eigenvalue weighted by Gasteiger charge is -2.07. The first-order valence-electron chi connectivity index (χ1n) is 6.90. The summed E-state index contributed by atoms with van der Waals surface area (Å²) < 4.78 is 0. The van der Waals surface area contributed by atoms with E-state index in [-0.39, 0.29) is 0 Å². The van der Waals surface area contributed by atoms with E-state index in [1.54, 1.807) is 28.9 Å². The molecule has 0 radical (unpaired) electrons. The molecule has 0 aromatic carbocycles. The molecule has 2 nitrogen and oxygen atoms in total. The predicted molar refractivity (Wildman–Crippen MR) is 94.1 cm³/mol. The van der Waals surface area contributed by atoms with Gasteiger partial charge in [0.15, 0.2) is 0 Å². The minimum Gasteiger partial charge on any atom is -0.264 e. The summed E-state index contributed by atoms with van der Waals surface area (Å²) in [5.74, 6) is 0. The first kappa shape index (κ1) is 13.4. The number of thiophene rings is 2. The topological polar surface area (TPSA) is 25.8 Å². The Hall–Kier alpha value is -2.30. The van der Waals surface area contributed by atoms with Crippen molar-refractivity contribution < 1.29 is 0 Å². The molecule has 0 N–H and O–H groups in total. The zero-order valence-corrected chi connectivity index (χ0v) is 13.3. The van der Waals surface area contributed by atoms with Crippen molar-refractivity contribution in [3.8, 4) is 32.3 Å². The fraction of sp³-hybridized carbons (Fsp3) is 0. The second kappa shape index (κ2) is 5.83. The monoisotopic (exact) mass is 320 g/mol. The summed E-state index contributed by atoms with van der Waals surface area (Å²) in [6.07, 6.45) is 3.64. The molecule has 0 aliphatic carbocycles. The van der Waals surface area contributed by atoms with Crippen LogP contribution in [0.1, 0.15) is 0 Å². The van der Waals surface area contributed by atoms with E-state index in [0.717, 1.165) is 17.0 Å². The van der Waals surface area contributed by atoms with Crippen LogP contribution in [0.5, 0.6) is 0 Å². The van der Waals surface area contributed by atoms with Crippen LogP contribution in [0.3, 0.4) is 0 Å². The van der Waals surface area contributed by atoms with Gasteiger partial charge in [0, 0.05) is 22.8 Å². The highest BCUT2D eigenvalue weighted by atomic mass is 32.1. The zero-order chi connectivity index (χ0) is 14.8. The molecule has 0 atom stereocenters. The van der Waals surface area contributed by atoms with E-state index in [1.165, 1.54) is 15.3 Å². The summed E-state index contributed by atoms with van der Waals surface area (Å²) in [5.41, 5.74) is 4.22. The molecule has 0 saturated heterocycles. The van der Waals surface area contributed by atoms with Gasteiger partial charge in [0.25, 0.3) is 0 Å². The summed E-state index contributed by atoms with van der Waals surface area (Å²) >= 11 is 3.46. The zero-order valence-electron chi connectivity index (χ0n) is 11.6. The third kappa shape index (κ3) is 2.58. The van der Waals surface area contributed by atoms with E-state index in [1.807, 2.05) is 18.3 Å². The van der Waals surface area contributed by atoms with Gasteiger partial charge in [0.1, 0.15) is 0 Å². The van der Waals surface area contributed by atoms with Crippen molar-refractivity contribution in [2.24, 2.45) is 0 Å². The molecule has 0 amide bonds. The lowest BCUT2D eigenvalue weighted by atomic mass is 10.1. The average Bonchev–Trinajstić information content (AvgIpc) is 3.29. The lowest BCUT2D eigenvalue weighted by molar-refractivity contribution is 1.28. The highest BCUT2D eigenvalue weighted by Crippen LogP contribution is 2.33. The van der Waals surface area contributed by atoms with Crippen LogP contribution in [0.4, 0.5) is 0 Å². The molecular formula is C18H12N2S2. The van der Waals surface area contributed by atoms with Crippen LogP contribution < -0.4 is 0 Å². The molecule has 4 heteroatoms. The average molecular weight is 320 g/mol. The van der Waals surface area contributed by atoms with Gasteiger partial charge >= 0.3 is 0 Å². The summed E-state index contributed by atoms with van der Waals surface area (Å²) in [6, 6.07) is 16.7. The molecular weight excluding hydrogens is 308 g/mol. The predicted octanol–water partition coefficient (Wildman–Crippen LogP) is 5.60. The van der Waals surface area contributed by atoms with E-state index in [0.29, 0.717) is 0 Å².